The first-order valence-corrected chi connectivity index (χ1v) is 10.2. The molecule has 0 aliphatic rings. The van der Waals surface area contributed by atoms with Gasteiger partial charge < -0.3 is 0 Å². The van der Waals surface area contributed by atoms with E-state index in [1.54, 1.807) is 16.7 Å². The van der Waals surface area contributed by atoms with Gasteiger partial charge in [0.2, 0.25) is 0 Å². The second kappa shape index (κ2) is 14.5. The first-order valence-electron chi connectivity index (χ1n) is 9.63. The summed E-state index contributed by atoms with van der Waals surface area (Å²) in [6.45, 7) is 6.89. The van der Waals surface area contributed by atoms with Crippen molar-refractivity contribution in [3.8, 4) is 0 Å². The Bertz CT molecular complexity index is 415. The van der Waals surface area contributed by atoms with Crippen LogP contribution in [-0.2, 0) is 19.3 Å². The summed E-state index contributed by atoms with van der Waals surface area (Å²) in [4.78, 5) is 0. The fourth-order valence-corrected chi connectivity index (χ4v) is 3.68. The minimum atomic E-state index is 0. The molecule has 134 valence electrons. The van der Waals surface area contributed by atoms with Gasteiger partial charge in [0.1, 0.15) is 0 Å². The van der Waals surface area contributed by atoms with Crippen molar-refractivity contribution in [2.75, 3.05) is 0 Å². The molecule has 0 spiro atoms. The summed E-state index contributed by atoms with van der Waals surface area (Å²) in [5.41, 5.74) is 5.00. The van der Waals surface area contributed by atoms with Crippen LogP contribution in [0.15, 0.2) is 12.1 Å². The van der Waals surface area contributed by atoms with Crippen LogP contribution in [0.3, 0.4) is 0 Å². The summed E-state index contributed by atoms with van der Waals surface area (Å²) < 4.78 is 0. The van der Waals surface area contributed by atoms with Gasteiger partial charge in [0.15, 0.2) is 0 Å². The molecule has 0 aromatic heterocycles. The fourth-order valence-electron chi connectivity index (χ4n) is 3.27. The summed E-state index contributed by atoms with van der Waals surface area (Å²) in [6, 6.07) is 4.75. The number of unbranched alkanes of at least 4 members (excludes halogenated alkanes) is 6. The van der Waals surface area contributed by atoms with Crippen molar-refractivity contribution >= 4 is 31.5 Å². The van der Waals surface area contributed by atoms with Crippen LogP contribution in [0, 0.1) is 0 Å². The molecule has 23 heavy (non-hydrogen) atoms. The maximum Gasteiger partial charge on any atom is -0.0268 e. The molecule has 0 aliphatic heterocycles. The van der Waals surface area contributed by atoms with Crippen molar-refractivity contribution in [1.29, 1.82) is 0 Å². The molecule has 0 N–H and O–H groups in total. The normalized spacial score (nSPS) is 10.6. The minimum absolute atomic E-state index is 0. The van der Waals surface area contributed by atoms with Gasteiger partial charge in [-0.25, -0.2) is 0 Å². The highest BCUT2D eigenvalue weighted by Gasteiger charge is 2.11. The molecule has 0 aliphatic carbocycles. The van der Waals surface area contributed by atoms with Crippen LogP contribution in [0.2, 0.25) is 0 Å². The average Bonchev–Trinajstić information content (AvgIpc) is 2.52. The Balaban J connectivity index is 0.00000484. The molecule has 0 saturated carbocycles. The van der Waals surface area contributed by atoms with Gasteiger partial charge in [0.25, 0.3) is 0 Å². The second-order valence-electron chi connectivity index (χ2n) is 6.64. The van der Waals surface area contributed by atoms with E-state index >= 15 is 0 Å². The molecule has 1 unspecified atom stereocenters. The van der Waals surface area contributed by atoms with E-state index in [-0.39, 0.29) is 17.0 Å². The minimum Gasteiger partial charge on any atom is -0.114 e. The monoisotopic (exact) mass is 400 g/mol. The first-order chi connectivity index (χ1) is 10.7. The number of hydrogen-bond acceptors (Lipinski definition) is 0. The molecule has 1 aromatic rings. The van der Waals surface area contributed by atoms with E-state index in [4.69, 9.17) is 0 Å². The topological polar surface area (TPSA) is 0 Å². The summed E-state index contributed by atoms with van der Waals surface area (Å²) in [5.74, 6) is 0. The molecule has 0 fully saturated rings. The molecule has 1 rings (SSSR count). The van der Waals surface area contributed by atoms with Crippen LogP contribution in [-0.4, -0.2) is 0 Å². The van der Waals surface area contributed by atoms with Gasteiger partial charge in [-0.15, -0.1) is 26.2 Å². The fraction of sp³-hybridized carbons (Fsp3) is 0.714. The molecule has 0 nitrogen and oxygen atoms in total. The van der Waals surface area contributed by atoms with Gasteiger partial charge in [-0.2, -0.15) is 0 Å². The summed E-state index contributed by atoms with van der Waals surface area (Å²) in [5, 5.41) is 1.45. The van der Waals surface area contributed by atoms with E-state index in [2.05, 4.69) is 42.1 Å². The predicted molar refractivity (Wildman–Crippen MR) is 116 cm³/mol. The molecular weight excluding hydrogens is 363 g/mol. The van der Waals surface area contributed by atoms with E-state index in [0.717, 1.165) is 0 Å². The Morgan fingerprint density at radius 3 is 1.65 bits per heavy atom. The number of hydrogen-bond donors (Lipinski definition) is 0. The van der Waals surface area contributed by atoms with E-state index in [1.807, 2.05) is 0 Å². The molecule has 1 aromatic carbocycles. The summed E-state index contributed by atoms with van der Waals surface area (Å²) in [7, 11) is 2.99. The lowest BCUT2D eigenvalue weighted by Crippen LogP contribution is -2.11. The molecular formula is C21H38BrP. The SMILES string of the molecule is Br.CCCCCc1ccc(P)c(CCCCC)c1CCCCC. The zero-order valence-corrected chi connectivity index (χ0v) is 18.5. The lowest BCUT2D eigenvalue weighted by atomic mass is 9.90. The van der Waals surface area contributed by atoms with Crippen LogP contribution in [0.1, 0.15) is 95.2 Å². The Labute approximate surface area is 158 Å². The Hall–Kier alpha value is 0.130. The Morgan fingerprint density at radius 2 is 1.13 bits per heavy atom. The van der Waals surface area contributed by atoms with Gasteiger partial charge in [-0.05, 0) is 60.5 Å². The quantitative estimate of drug-likeness (QED) is 0.262. The van der Waals surface area contributed by atoms with E-state index in [1.165, 1.54) is 82.4 Å². The average molecular weight is 401 g/mol. The zero-order valence-electron chi connectivity index (χ0n) is 15.6. The number of halogens is 1. The van der Waals surface area contributed by atoms with Crippen LogP contribution in [0.25, 0.3) is 0 Å². The van der Waals surface area contributed by atoms with Crippen LogP contribution < -0.4 is 5.30 Å². The van der Waals surface area contributed by atoms with Crippen molar-refractivity contribution in [2.45, 2.75) is 97.8 Å². The Morgan fingerprint density at radius 1 is 0.652 bits per heavy atom. The third kappa shape index (κ3) is 8.69. The maximum absolute atomic E-state index is 2.99. The predicted octanol–water partition coefficient (Wildman–Crippen LogP) is 6.96. The van der Waals surface area contributed by atoms with Crippen LogP contribution in [0.4, 0.5) is 0 Å². The van der Waals surface area contributed by atoms with Gasteiger partial charge in [0, 0.05) is 0 Å². The zero-order chi connectivity index (χ0) is 16.2. The molecule has 0 heterocycles. The van der Waals surface area contributed by atoms with Crippen molar-refractivity contribution in [1.82, 2.24) is 0 Å². The molecule has 1 atom stereocenters. The van der Waals surface area contributed by atoms with Crippen molar-refractivity contribution in [2.24, 2.45) is 0 Å². The van der Waals surface area contributed by atoms with Crippen molar-refractivity contribution < 1.29 is 0 Å². The molecule has 2 heteroatoms. The largest absolute Gasteiger partial charge is 0.114 e. The first kappa shape index (κ1) is 23.1. The number of aryl methyl sites for hydroxylation is 1. The highest BCUT2D eigenvalue weighted by atomic mass is 79.9. The lowest BCUT2D eigenvalue weighted by molar-refractivity contribution is 0.679. The molecule has 0 radical (unpaired) electrons. The maximum atomic E-state index is 2.99. The number of rotatable bonds is 12. The third-order valence-electron chi connectivity index (χ3n) is 4.67. The van der Waals surface area contributed by atoms with E-state index in [0.29, 0.717) is 0 Å². The third-order valence-corrected chi connectivity index (χ3v) is 5.22. The standard InChI is InChI=1S/C21H37P.BrH/c1-4-7-10-13-18-16-17-21(22)20(15-12-9-6-3)19(18)14-11-8-5-2;/h16-17H,4-15,22H2,1-3H3;1H. The summed E-state index contributed by atoms with van der Waals surface area (Å²) in [6.07, 6.45) is 15.9. The van der Waals surface area contributed by atoms with Gasteiger partial charge in [-0.3, -0.25) is 0 Å². The van der Waals surface area contributed by atoms with Crippen LogP contribution in [0.5, 0.6) is 0 Å². The van der Waals surface area contributed by atoms with Gasteiger partial charge in [-0.1, -0.05) is 71.4 Å². The van der Waals surface area contributed by atoms with Crippen LogP contribution >= 0.6 is 26.2 Å². The van der Waals surface area contributed by atoms with Gasteiger partial charge in [0.05, 0.1) is 0 Å². The highest BCUT2D eigenvalue weighted by molar-refractivity contribution is 8.93. The highest BCUT2D eigenvalue weighted by Crippen LogP contribution is 2.22. The molecule has 0 amide bonds. The molecule has 0 bridgehead atoms. The number of benzene rings is 1. The smallest absolute Gasteiger partial charge is 0.0268 e. The second-order valence-corrected chi connectivity index (χ2v) is 7.26. The molecule has 0 saturated heterocycles. The van der Waals surface area contributed by atoms with Crippen molar-refractivity contribution in [3.05, 3.63) is 28.8 Å². The summed E-state index contributed by atoms with van der Waals surface area (Å²) >= 11 is 0. The van der Waals surface area contributed by atoms with E-state index < -0.39 is 0 Å². The van der Waals surface area contributed by atoms with E-state index in [9.17, 15) is 0 Å². The lowest BCUT2D eigenvalue weighted by Gasteiger charge is -2.18. The Kier molecular flexibility index (Phi) is 14.6. The van der Waals surface area contributed by atoms with Gasteiger partial charge >= 0.3 is 0 Å². The van der Waals surface area contributed by atoms with Crippen molar-refractivity contribution in [3.63, 3.8) is 0 Å².